The first-order valence-electron chi connectivity index (χ1n) is 18.0. The Kier molecular flexibility index (Phi) is 17.0. The van der Waals surface area contributed by atoms with Gasteiger partial charge < -0.3 is 28.4 Å². The van der Waals surface area contributed by atoms with Crippen LogP contribution in [0.1, 0.15) is 58.1 Å². The van der Waals surface area contributed by atoms with E-state index in [1.165, 1.54) is 13.0 Å². The van der Waals surface area contributed by atoms with Gasteiger partial charge in [-0.2, -0.15) is 26.3 Å². The lowest BCUT2D eigenvalue weighted by molar-refractivity contribution is -0.288. The van der Waals surface area contributed by atoms with Crippen LogP contribution in [0.5, 0.6) is 17.2 Å². The van der Waals surface area contributed by atoms with E-state index < -0.39 is 70.3 Å². The summed E-state index contributed by atoms with van der Waals surface area (Å²) < 4.78 is 145. The molecule has 0 fully saturated rings. The molecule has 0 heterocycles. The summed E-state index contributed by atoms with van der Waals surface area (Å²) in [6, 6.07) is 9.40. The average molecular weight is 821 g/mol. The Morgan fingerprint density at radius 3 is 1.33 bits per heavy atom. The van der Waals surface area contributed by atoms with Crippen molar-refractivity contribution >= 4 is 17.9 Å². The molecule has 0 spiro atoms. The van der Waals surface area contributed by atoms with Crippen molar-refractivity contribution in [1.82, 2.24) is 0 Å². The molecule has 9 nitrogen and oxygen atoms in total. The van der Waals surface area contributed by atoms with Crippen molar-refractivity contribution in [3.05, 3.63) is 89.5 Å². The lowest BCUT2D eigenvalue weighted by atomic mass is 9.73. The number of halogens is 8. The number of benzene rings is 3. The minimum Gasteiger partial charge on any atom is -0.490 e. The maximum Gasteiger partial charge on any atom is 0.411 e. The Morgan fingerprint density at radius 1 is 0.526 bits per heavy atom. The van der Waals surface area contributed by atoms with E-state index >= 15 is 0 Å². The molecule has 0 amide bonds. The van der Waals surface area contributed by atoms with Gasteiger partial charge in [-0.3, -0.25) is 14.4 Å². The van der Waals surface area contributed by atoms with Crippen molar-refractivity contribution in [1.29, 1.82) is 0 Å². The van der Waals surface area contributed by atoms with Crippen LogP contribution in [0.15, 0.2) is 66.7 Å². The third-order valence-corrected chi connectivity index (χ3v) is 8.99. The van der Waals surface area contributed by atoms with Gasteiger partial charge in [-0.1, -0.05) is 52.0 Å². The average Bonchev–Trinajstić information content (AvgIpc) is 3.16. The summed E-state index contributed by atoms with van der Waals surface area (Å²) in [6.45, 7) is 5.41. The van der Waals surface area contributed by atoms with Crippen molar-refractivity contribution < 1.29 is 77.9 Å². The molecular weight excluding hydrogens is 776 g/mol. The molecule has 3 rings (SSSR count). The highest BCUT2D eigenvalue weighted by Crippen LogP contribution is 2.56. The first-order valence-corrected chi connectivity index (χ1v) is 18.0. The van der Waals surface area contributed by atoms with Gasteiger partial charge in [0.15, 0.2) is 11.6 Å². The zero-order valence-electron chi connectivity index (χ0n) is 31.6. The molecule has 3 atom stereocenters. The van der Waals surface area contributed by atoms with Crippen LogP contribution in [0.3, 0.4) is 0 Å². The van der Waals surface area contributed by atoms with Gasteiger partial charge in [0, 0.05) is 6.07 Å². The van der Waals surface area contributed by atoms with E-state index in [4.69, 9.17) is 28.4 Å². The Balaban J connectivity index is 1.55. The normalized spacial score (nSPS) is 13.5. The van der Waals surface area contributed by atoms with Gasteiger partial charge in [0.05, 0.1) is 17.8 Å². The standard InChI is InChI=1S/C40H44F8O9/c1-5-25(3)35(49)55-20-17-52-30-11-7-28(8-12-30)38(39(43,44)45,40(46,47)48)29-9-13-31(14-10-29)53-18-22-57-37(51)27(6-2)23-26(4)36(50)56-21-19-54-32-15-16-33(41)34(42)24-32/h7-16,24-27H,5-6,17-23H2,1-4H3. The number of carbonyl (C=O) groups is 3. The highest BCUT2D eigenvalue weighted by atomic mass is 19.4. The largest absolute Gasteiger partial charge is 0.490 e. The Hall–Kier alpha value is -5.09. The van der Waals surface area contributed by atoms with Gasteiger partial charge in [-0.05, 0) is 66.8 Å². The summed E-state index contributed by atoms with van der Waals surface area (Å²) in [7, 11) is 0. The molecule has 57 heavy (non-hydrogen) atoms. The fourth-order valence-electron chi connectivity index (χ4n) is 5.58. The molecule has 3 unspecified atom stereocenters. The van der Waals surface area contributed by atoms with Gasteiger partial charge in [-0.25, -0.2) is 8.78 Å². The highest BCUT2D eigenvalue weighted by Gasteiger charge is 2.72. The summed E-state index contributed by atoms with van der Waals surface area (Å²) in [5.74, 6) is -5.80. The van der Waals surface area contributed by atoms with E-state index in [-0.39, 0.29) is 69.2 Å². The predicted octanol–water partition coefficient (Wildman–Crippen LogP) is 8.94. The molecule has 0 saturated heterocycles. The first-order chi connectivity index (χ1) is 26.8. The summed E-state index contributed by atoms with van der Waals surface area (Å²) in [5.41, 5.74) is -6.66. The van der Waals surface area contributed by atoms with Crippen LogP contribution < -0.4 is 14.2 Å². The van der Waals surface area contributed by atoms with Crippen molar-refractivity contribution in [2.75, 3.05) is 39.6 Å². The topological polar surface area (TPSA) is 107 Å². The molecule has 0 saturated carbocycles. The molecule has 0 aromatic heterocycles. The van der Waals surface area contributed by atoms with E-state index in [1.54, 1.807) is 20.8 Å². The maximum absolute atomic E-state index is 14.6. The summed E-state index contributed by atoms with van der Waals surface area (Å²) >= 11 is 0. The minimum atomic E-state index is -5.83. The third-order valence-electron chi connectivity index (χ3n) is 8.99. The molecule has 17 heteroatoms. The number of carbonyl (C=O) groups excluding carboxylic acids is 3. The van der Waals surface area contributed by atoms with Crippen molar-refractivity contribution in [3.63, 3.8) is 0 Å². The number of esters is 3. The molecular formula is C40H44F8O9. The van der Waals surface area contributed by atoms with Crippen LogP contribution in [-0.2, 0) is 34.0 Å². The molecule has 0 radical (unpaired) electrons. The second-order valence-electron chi connectivity index (χ2n) is 13.0. The molecule has 0 aliphatic heterocycles. The molecule has 3 aromatic carbocycles. The number of hydrogen-bond donors (Lipinski definition) is 0. The van der Waals surface area contributed by atoms with Crippen LogP contribution in [0, 0.1) is 29.4 Å². The maximum atomic E-state index is 14.6. The van der Waals surface area contributed by atoms with E-state index in [1.807, 2.05) is 0 Å². The molecule has 0 aliphatic rings. The van der Waals surface area contributed by atoms with Gasteiger partial charge in [0.25, 0.3) is 0 Å². The fraction of sp³-hybridized carbons (Fsp3) is 0.475. The van der Waals surface area contributed by atoms with Gasteiger partial charge in [0.2, 0.25) is 5.41 Å². The number of hydrogen-bond acceptors (Lipinski definition) is 9. The highest BCUT2D eigenvalue weighted by molar-refractivity contribution is 5.75. The van der Waals surface area contributed by atoms with Crippen molar-refractivity contribution in [2.45, 2.75) is 64.7 Å². The van der Waals surface area contributed by atoms with Crippen LogP contribution in [0.4, 0.5) is 35.1 Å². The van der Waals surface area contributed by atoms with Crippen LogP contribution in [0.25, 0.3) is 0 Å². The first kappa shape index (κ1) is 46.3. The molecule has 3 aromatic rings. The van der Waals surface area contributed by atoms with Crippen molar-refractivity contribution in [2.24, 2.45) is 17.8 Å². The molecule has 0 N–H and O–H groups in total. The van der Waals surface area contributed by atoms with Gasteiger partial charge in [0.1, 0.15) is 56.9 Å². The van der Waals surface area contributed by atoms with Crippen molar-refractivity contribution in [3.8, 4) is 17.2 Å². The summed E-state index contributed by atoms with van der Waals surface area (Å²) in [4.78, 5) is 36.9. The second kappa shape index (κ2) is 20.9. The molecule has 0 bridgehead atoms. The summed E-state index contributed by atoms with van der Waals surface area (Å²) in [6.07, 6.45) is -10.8. The zero-order chi connectivity index (χ0) is 42.4. The smallest absolute Gasteiger partial charge is 0.411 e. The zero-order valence-corrected chi connectivity index (χ0v) is 31.6. The number of ether oxygens (including phenoxy) is 6. The Morgan fingerprint density at radius 2 is 0.930 bits per heavy atom. The number of alkyl halides is 6. The quantitative estimate of drug-likeness (QED) is 0.0451. The lowest BCUT2D eigenvalue weighted by Crippen LogP contribution is -2.54. The van der Waals surface area contributed by atoms with Crippen LogP contribution in [0.2, 0.25) is 0 Å². The Bertz CT molecular complexity index is 1730. The molecule has 0 aliphatic carbocycles. The van der Waals surface area contributed by atoms with E-state index in [0.29, 0.717) is 37.1 Å². The fourth-order valence-corrected chi connectivity index (χ4v) is 5.58. The van der Waals surface area contributed by atoms with Gasteiger partial charge in [-0.15, -0.1) is 0 Å². The summed E-state index contributed by atoms with van der Waals surface area (Å²) in [5, 5.41) is 0. The van der Waals surface area contributed by atoms with E-state index in [2.05, 4.69) is 0 Å². The van der Waals surface area contributed by atoms with Crippen LogP contribution >= 0.6 is 0 Å². The molecule has 314 valence electrons. The third kappa shape index (κ3) is 12.4. The van der Waals surface area contributed by atoms with Crippen LogP contribution in [-0.4, -0.2) is 69.9 Å². The number of rotatable bonds is 21. The lowest BCUT2D eigenvalue weighted by Gasteiger charge is -2.38. The Labute approximate surface area is 324 Å². The minimum absolute atomic E-state index is 0.0365. The van der Waals surface area contributed by atoms with E-state index in [9.17, 15) is 49.5 Å². The SMILES string of the molecule is CCC(C)C(=O)OCCOc1ccc(C(c2ccc(OCCOC(=O)C(CC)CC(C)C(=O)OCCOc3ccc(F)c(F)c3)cc2)(C(F)(F)F)C(F)(F)F)cc1. The predicted molar refractivity (Wildman–Crippen MR) is 189 cm³/mol. The van der Waals surface area contributed by atoms with E-state index in [0.717, 1.165) is 36.4 Å². The monoisotopic (exact) mass is 820 g/mol. The van der Waals surface area contributed by atoms with Gasteiger partial charge >= 0.3 is 30.3 Å². The second-order valence-corrected chi connectivity index (χ2v) is 13.0.